The molecule has 2 fully saturated rings. The van der Waals surface area contributed by atoms with E-state index in [1.165, 1.54) is 0 Å². The van der Waals surface area contributed by atoms with Crippen LogP contribution >= 0.6 is 11.6 Å². The molecule has 0 aromatic heterocycles. The highest BCUT2D eigenvalue weighted by molar-refractivity contribution is 6.30. The van der Waals surface area contributed by atoms with Crippen molar-refractivity contribution in [3.63, 3.8) is 0 Å². The van der Waals surface area contributed by atoms with Gasteiger partial charge in [-0.05, 0) is 74.9 Å². The molecular formula is C22H27ClN2O2. The highest BCUT2D eigenvalue weighted by Gasteiger charge is 2.39. The minimum absolute atomic E-state index is 0.0952. The summed E-state index contributed by atoms with van der Waals surface area (Å²) in [6.07, 6.45) is 8.43. The van der Waals surface area contributed by atoms with Crippen molar-refractivity contribution in [2.45, 2.75) is 25.7 Å². The van der Waals surface area contributed by atoms with Crippen molar-refractivity contribution in [1.82, 2.24) is 10.2 Å². The Morgan fingerprint density at radius 1 is 1.07 bits per heavy atom. The summed E-state index contributed by atoms with van der Waals surface area (Å²) in [7, 11) is 0. The van der Waals surface area contributed by atoms with Gasteiger partial charge in [-0.25, -0.2) is 0 Å². The Balaban J connectivity index is 1.17. The van der Waals surface area contributed by atoms with Crippen molar-refractivity contribution in [3.05, 3.63) is 47.0 Å². The third-order valence-electron chi connectivity index (χ3n) is 6.43. The number of allylic oxidation sites excluding steroid dienone is 2. The Hall–Kier alpha value is -1.65. The molecule has 2 bridgehead atoms. The third kappa shape index (κ3) is 4.27. The standard InChI is InChI=1S/C22H27ClN2O2/c23-19-5-3-16(4-6-19)21(26)17-7-10-25(11-8-17)12-9-24-22(27)20-14-15-1-2-18(20)13-15/h1-6,15,17-18,20H,7-14H2,(H,24,27). The lowest BCUT2D eigenvalue weighted by molar-refractivity contribution is -0.125. The highest BCUT2D eigenvalue weighted by atomic mass is 35.5. The zero-order valence-electron chi connectivity index (χ0n) is 15.6. The van der Waals surface area contributed by atoms with Crippen LogP contribution in [0.5, 0.6) is 0 Å². The molecule has 1 amide bonds. The van der Waals surface area contributed by atoms with Gasteiger partial charge in [0.05, 0.1) is 0 Å². The number of halogens is 1. The predicted octanol–water partition coefficient (Wildman–Crippen LogP) is 3.56. The second-order valence-corrected chi connectivity index (χ2v) is 8.60. The van der Waals surface area contributed by atoms with E-state index in [1.54, 1.807) is 12.1 Å². The number of hydrogen-bond donors (Lipinski definition) is 1. The van der Waals surface area contributed by atoms with E-state index >= 15 is 0 Å². The van der Waals surface area contributed by atoms with Crippen molar-refractivity contribution in [3.8, 4) is 0 Å². The van der Waals surface area contributed by atoms with E-state index in [1.807, 2.05) is 12.1 Å². The normalized spacial score (nSPS) is 27.8. The van der Waals surface area contributed by atoms with Crippen LogP contribution in [0.4, 0.5) is 0 Å². The number of nitrogens with one attached hydrogen (secondary N) is 1. The molecule has 144 valence electrons. The van der Waals surface area contributed by atoms with E-state index in [4.69, 9.17) is 11.6 Å². The van der Waals surface area contributed by atoms with Gasteiger partial charge in [0.15, 0.2) is 5.78 Å². The number of fused-ring (bicyclic) bond motifs is 2. The molecule has 1 saturated heterocycles. The Bertz CT molecular complexity index is 722. The van der Waals surface area contributed by atoms with Gasteiger partial charge < -0.3 is 10.2 Å². The van der Waals surface area contributed by atoms with Crippen LogP contribution in [0.3, 0.4) is 0 Å². The molecule has 3 atom stereocenters. The van der Waals surface area contributed by atoms with Crippen LogP contribution in [0, 0.1) is 23.7 Å². The summed E-state index contributed by atoms with van der Waals surface area (Å²) in [6.45, 7) is 3.39. The average molecular weight is 387 g/mol. The monoisotopic (exact) mass is 386 g/mol. The molecule has 1 saturated carbocycles. The van der Waals surface area contributed by atoms with Crippen molar-refractivity contribution < 1.29 is 9.59 Å². The van der Waals surface area contributed by atoms with Crippen LogP contribution in [-0.2, 0) is 4.79 Å². The number of carbonyl (C=O) groups is 2. The fourth-order valence-electron chi connectivity index (χ4n) is 4.82. The van der Waals surface area contributed by atoms with Crippen LogP contribution in [0.15, 0.2) is 36.4 Å². The van der Waals surface area contributed by atoms with Gasteiger partial charge in [-0.15, -0.1) is 0 Å². The highest BCUT2D eigenvalue weighted by Crippen LogP contribution is 2.43. The first kappa shape index (κ1) is 18.7. The molecule has 0 spiro atoms. The first-order valence-electron chi connectivity index (χ1n) is 10.1. The van der Waals surface area contributed by atoms with Crippen LogP contribution in [-0.4, -0.2) is 42.8 Å². The van der Waals surface area contributed by atoms with Gasteiger partial charge in [-0.3, -0.25) is 9.59 Å². The summed E-state index contributed by atoms with van der Waals surface area (Å²) in [5, 5.41) is 3.79. The van der Waals surface area contributed by atoms with E-state index in [0.717, 1.165) is 50.9 Å². The summed E-state index contributed by atoms with van der Waals surface area (Å²) < 4.78 is 0. The van der Waals surface area contributed by atoms with Crippen molar-refractivity contribution >= 4 is 23.3 Å². The SMILES string of the molecule is O=C(c1ccc(Cl)cc1)C1CCN(CCNC(=O)C2CC3C=CC2C3)CC1. The number of nitrogens with zero attached hydrogens (tertiary/aromatic N) is 1. The Morgan fingerprint density at radius 2 is 1.81 bits per heavy atom. The summed E-state index contributed by atoms with van der Waals surface area (Å²) in [4.78, 5) is 27.3. The summed E-state index contributed by atoms with van der Waals surface area (Å²) in [5.41, 5.74) is 0.755. The van der Waals surface area contributed by atoms with Crippen molar-refractivity contribution in [2.75, 3.05) is 26.2 Å². The minimum atomic E-state index is 0.0952. The molecule has 5 heteroatoms. The average Bonchev–Trinajstić information content (AvgIpc) is 3.32. The number of Topliss-reactive ketones (excluding diaryl/α,β-unsaturated/α-hetero) is 1. The van der Waals surface area contributed by atoms with E-state index in [9.17, 15) is 9.59 Å². The molecule has 1 aliphatic heterocycles. The largest absolute Gasteiger partial charge is 0.355 e. The van der Waals surface area contributed by atoms with Gasteiger partial charge in [0.2, 0.25) is 5.91 Å². The first-order valence-corrected chi connectivity index (χ1v) is 10.5. The number of rotatable bonds is 6. The molecular weight excluding hydrogens is 360 g/mol. The van der Waals surface area contributed by atoms with E-state index in [0.29, 0.717) is 23.4 Å². The van der Waals surface area contributed by atoms with Crippen LogP contribution in [0.1, 0.15) is 36.0 Å². The van der Waals surface area contributed by atoms with Crippen LogP contribution in [0.25, 0.3) is 0 Å². The number of carbonyl (C=O) groups excluding carboxylic acids is 2. The summed E-state index contributed by atoms with van der Waals surface area (Å²) in [6, 6.07) is 7.19. The fraction of sp³-hybridized carbons (Fsp3) is 0.545. The van der Waals surface area contributed by atoms with Gasteiger partial charge in [0.25, 0.3) is 0 Å². The van der Waals surface area contributed by atoms with Gasteiger partial charge in [-0.2, -0.15) is 0 Å². The molecule has 1 heterocycles. The lowest BCUT2D eigenvalue weighted by atomic mass is 9.89. The second kappa shape index (κ2) is 8.15. The molecule has 2 aliphatic carbocycles. The van der Waals surface area contributed by atoms with Crippen LogP contribution in [0.2, 0.25) is 5.02 Å². The van der Waals surface area contributed by atoms with E-state index in [-0.39, 0.29) is 23.5 Å². The van der Waals surface area contributed by atoms with Crippen molar-refractivity contribution in [2.24, 2.45) is 23.7 Å². The van der Waals surface area contributed by atoms with E-state index < -0.39 is 0 Å². The van der Waals surface area contributed by atoms with Gasteiger partial charge >= 0.3 is 0 Å². The lowest BCUT2D eigenvalue weighted by Gasteiger charge is -2.31. The van der Waals surface area contributed by atoms with Gasteiger partial charge in [-0.1, -0.05) is 23.8 Å². The first-order chi connectivity index (χ1) is 13.1. The Labute approximate surface area is 165 Å². The maximum Gasteiger partial charge on any atom is 0.223 e. The zero-order chi connectivity index (χ0) is 18.8. The number of benzene rings is 1. The number of amides is 1. The Kier molecular flexibility index (Phi) is 5.65. The smallest absolute Gasteiger partial charge is 0.223 e. The molecule has 4 rings (SSSR count). The maximum atomic E-state index is 12.6. The quantitative estimate of drug-likeness (QED) is 0.600. The zero-order valence-corrected chi connectivity index (χ0v) is 16.3. The number of hydrogen-bond acceptors (Lipinski definition) is 3. The fourth-order valence-corrected chi connectivity index (χ4v) is 4.95. The molecule has 4 nitrogen and oxygen atoms in total. The number of piperidine rings is 1. The maximum absolute atomic E-state index is 12.6. The summed E-state index contributed by atoms with van der Waals surface area (Å²) in [5.74, 6) is 1.82. The van der Waals surface area contributed by atoms with Gasteiger partial charge in [0, 0.05) is 35.5 Å². The molecule has 1 aromatic carbocycles. The Morgan fingerprint density at radius 3 is 2.44 bits per heavy atom. The molecule has 1 aromatic rings. The minimum Gasteiger partial charge on any atom is -0.355 e. The topological polar surface area (TPSA) is 49.4 Å². The predicted molar refractivity (Wildman–Crippen MR) is 107 cm³/mol. The molecule has 27 heavy (non-hydrogen) atoms. The van der Waals surface area contributed by atoms with E-state index in [2.05, 4.69) is 22.4 Å². The number of ketones is 1. The molecule has 3 aliphatic rings. The molecule has 1 N–H and O–H groups in total. The molecule has 0 radical (unpaired) electrons. The third-order valence-corrected chi connectivity index (χ3v) is 6.68. The second-order valence-electron chi connectivity index (χ2n) is 8.16. The van der Waals surface area contributed by atoms with Gasteiger partial charge in [0.1, 0.15) is 0 Å². The molecule has 3 unspecified atom stereocenters. The lowest BCUT2D eigenvalue weighted by Crippen LogP contribution is -2.42. The summed E-state index contributed by atoms with van der Waals surface area (Å²) >= 11 is 5.90. The van der Waals surface area contributed by atoms with Crippen molar-refractivity contribution in [1.29, 1.82) is 0 Å². The number of likely N-dealkylation sites (tertiary alicyclic amines) is 1. The van der Waals surface area contributed by atoms with Crippen LogP contribution < -0.4 is 5.32 Å².